The Labute approximate surface area is 229 Å². The summed E-state index contributed by atoms with van der Waals surface area (Å²) in [5.41, 5.74) is 3.56. The summed E-state index contributed by atoms with van der Waals surface area (Å²) in [6.45, 7) is 39.0. The lowest BCUT2D eigenvalue weighted by atomic mass is 9.42. The number of allylic oxidation sites excluding steroid dienone is 7. The molecule has 0 spiro atoms. The molecule has 6 unspecified atom stereocenters. The number of hydrogen-bond acceptors (Lipinski definition) is 0. The summed E-state index contributed by atoms with van der Waals surface area (Å²) in [7, 11) is 0. The first-order chi connectivity index (χ1) is 16.9. The highest BCUT2D eigenvalue weighted by molar-refractivity contribution is 5.16. The van der Waals surface area contributed by atoms with E-state index in [2.05, 4.69) is 75.1 Å². The van der Waals surface area contributed by atoms with E-state index in [-0.39, 0.29) is 0 Å². The molecule has 0 aromatic rings. The first-order valence-electron chi connectivity index (χ1n) is 15.1. The fourth-order valence-electron chi connectivity index (χ4n) is 6.66. The van der Waals surface area contributed by atoms with E-state index in [9.17, 15) is 0 Å². The fourth-order valence-corrected chi connectivity index (χ4v) is 6.66. The van der Waals surface area contributed by atoms with Crippen molar-refractivity contribution in [3.05, 3.63) is 61.3 Å². The summed E-state index contributed by atoms with van der Waals surface area (Å²) in [6, 6.07) is 0. The van der Waals surface area contributed by atoms with Gasteiger partial charge in [0.2, 0.25) is 0 Å². The average molecular weight is 499 g/mol. The molecule has 0 heterocycles. The van der Waals surface area contributed by atoms with Gasteiger partial charge in [0.1, 0.15) is 0 Å². The van der Waals surface area contributed by atoms with Crippen molar-refractivity contribution in [1.29, 1.82) is 0 Å². The second-order valence-corrected chi connectivity index (χ2v) is 12.0. The van der Waals surface area contributed by atoms with Gasteiger partial charge in [0, 0.05) is 0 Å². The lowest BCUT2D eigenvalue weighted by Crippen LogP contribution is -2.54. The van der Waals surface area contributed by atoms with Gasteiger partial charge in [-0.25, -0.2) is 0 Å². The maximum atomic E-state index is 4.26. The van der Waals surface area contributed by atoms with Gasteiger partial charge in [0.25, 0.3) is 0 Å². The third-order valence-electron chi connectivity index (χ3n) is 8.99. The Kier molecular flexibility index (Phi) is 19.3. The zero-order valence-corrected chi connectivity index (χ0v) is 26.8. The van der Waals surface area contributed by atoms with Crippen LogP contribution >= 0.6 is 0 Å². The number of rotatable bonds is 8. The summed E-state index contributed by atoms with van der Waals surface area (Å²) in [5.74, 6) is 4.18. The van der Waals surface area contributed by atoms with Crippen molar-refractivity contribution in [3.8, 4) is 0 Å². The molecule has 6 atom stereocenters. The maximum Gasteiger partial charge on any atom is -0.0249 e. The number of fused-ring (bicyclic) bond motifs is 1. The topological polar surface area (TPSA) is 0 Å². The molecule has 0 aromatic heterocycles. The van der Waals surface area contributed by atoms with E-state index < -0.39 is 0 Å². The number of hydrogen-bond donors (Lipinski definition) is 0. The third-order valence-corrected chi connectivity index (χ3v) is 8.99. The molecule has 0 N–H and O–H groups in total. The van der Waals surface area contributed by atoms with Crippen LogP contribution in [-0.2, 0) is 0 Å². The van der Waals surface area contributed by atoms with Crippen LogP contribution in [0, 0.1) is 40.4 Å². The Bertz CT molecular complexity index is 670. The van der Waals surface area contributed by atoms with Gasteiger partial charge >= 0.3 is 0 Å². The fraction of sp³-hybridized carbons (Fsp3) is 0.722. The van der Waals surface area contributed by atoms with Gasteiger partial charge in [-0.1, -0.05) is 143 Å². The minimum absolute atomic E-state index is 0.488. The van der Waals surface area contributed by atoms with Gasteiger partial charge in [-0.15, -0.1) is 0 Å². The van der Waals surface area contributed by atoms with Gasteiger partial charge in [-0.2, -0.15) is 0 Å². The average Bonchev–Trinajstić information content (AvgIpc) is 2.85. The monoisotopic (exact) mass is 499 g/mol. The Morgan fingerprint density at radius 2 is 1.53 bits per heavy atom. The predicted molar refractivity (Wildman–Crippen MR) is 169 cm³/mol. The lowest BCUT2D eigenvalue weighted by molar-refractivity contribution is -0.129. The maximum absolute atomic E-state index is 4.26. The Morgan fingerprint density at radius 3 is 2.00 bits per heavy atom. The van der Waals surface area contributed by atoms with Gasteiger partial charge in [0.15, 0.2) is 0 Å². The molecule has 0 nitrogen and oxygen atoms in total. The molecule has 2 aliphatic rings. The lowest BCUT2D eigenvalue weighted by Gasteiger charge is -2.62. The van der Waals surface area contributed by atoms with Crippen molar-refractivity contribution in [2.24, 2.45) is 40.4 Å². The van der Waals surface area contributed by atoms with E-state index >= 15 is 0 Å². The molecule has 0 aliphatic heterocycles. The zero-order chi connectivity index (χ0) is 28.5. The molecule has 0 bridgehead atoms. The van der Waals surface area contributed by atoms with Crippen LogP contribution in [-0.4, -0.2) is 0 Å². The molecule has 2 saturated carbocycles. The predicted octanol–water partition coefficient (Wildman–Crippen LogP) is 12.4. The van der Waals surface area contributed by atoms with Crippen LogP contribution in [0.1, 0.15) is 128 Å². The van der Waals surface area contributed by atoms with E-state index in [0.29, 0.717) is 10.8 Å². The van der Waals surface area contributed by atoms with Crippen molar-refractivity contribution in [2.45, 2.75) is 128 Å². The molecule has 0 radical (unpaired) electrons. The highest BCUT2D eigenvalue weighted by atomic mass is 14.6. The smallest absolute Gasteiger partial charge is 0.0249 e. The molecule has 2 rings (SSSR count). The molecule has 2 aliphatic carbocycles. The molecule has 210 valence electrons. The second kappa shape index (κ2) is 18.9. The van der Waals surface area contributed by atoms with Crippen LogP contribution in [0.25, 0.3) is 0 Å². The van der Waals surface area contributed by atoms with E-state index in [4.69, 9.17) is 0 Å². The van der Waals surface area contributed by atoms with E-state index in [1.54, 1.807) is 6.08 Å². The highest BCUT2D eigenvalue weighted by Gasteiger charge is 2.56. The zero-order valence-electron chi connectivity index (χ0n) is 26.8. The Balaban J connectivity index is 0. The standard InChI is InChI=1S/C24H42.C8H12.2C2H6/c1-9-18(4)16-21-19(5)10-11-22-23(7,14-12-17(2)3)20(6)13-15-24(21,22)8;1-4-5-6-7-8(2)3;2*1-2/h9,17,19-22H,1,4,10-16H2,2-3,5-8H3;4-7H,1H2,2-3H3;2*1-2H3/b;6-5+;;. The minimum Gasteiger partial charge on any atom is -0.0991 e. The normalized spacial score (nSPS) is 30.8. The van der Waals surface area contributed by atoms with Crippen LogP contribution in [0.4, 0.5) is 0 Å². The van der Waals surface area contributed by atoms with Gasteiger partial charge in [-0.05, 0) is 86.4 Å². The Hall–Kier alpha value is -1.30. The summed E-state index contributed by atoms with van der Waals surface area (Å²) >= 11 is 0. The van der Waals surface area contributed by atoms with Crippen LogP contribution in [0.5, 0.6) is 0 Å². The molecule has 0 saturated heterocycles. The molecule has 0 aromatic carbocycles. The van der Waals surface area contributed by atoms with Crippen LogP contribution in [0.2, 0.25) is 0 Å². The van der Waals surface area contributed by atoms with Crippen LogP contribution in [0.3, 0.4) is 0 Å². The molecule has 0 heteroatoms. The van der Waals surface area contributed by atoms with Crippen molar-refractivity contribution in [1.82, 2.24) is 0 Å². The van der Waals surface area contributed by atoms with Gasteiger partial charge < -0.3 is 0 Å². The first-order valence-corrected chi connectivity index (χ1v) is 15.1. The van der Waals surface area contributed by atoms with E-state index in [1.165, 1.54) is 49.7 Å². The second-order valence-electron chi connectivity index (χ2n) is 12.0. The molecule has 0 amide bonds. The van der Waals surface area contributed by atoms with Gasteiger partial charge in [-0.3, -0.25) is 0 Å². The quantitative estimate of drug-likeness (QED) is 0.292. The largest absolute Gasteiger partial charge is 0.0991 e. The Morgan fingerprint density at radius 1 is 0.944 bits per heavy atom. The highest BCUT2D eigenvalue weighted by Crippen LogP contribution is 2.65. The summed E-state index contributed by atoms with van der Waals surface area (Å²) in [4.78, 5) is 0. The van der Waals surface area contributed by atoms with Crippen LogP contribution < -0.4 is 0 Å². The third kappa shape index (κ3) is 11.0. The van der Waals surface area contributed by atoms with E-state index in [1.807, 2.05) is 52.0 Å². The van der Waals surface area contributed by atoms with Gasteiger partial charge in [0.05, 0.1) is 0 Å². The molecular weight excluding hydrogens is 432 g/mol. The summed E-state index contributed by atoms with van der Waals surface area (Å²) < 4.78 is 0. The first kappa shape index (κ1) is 36.9. The van der Waals surface area contributed by atoms with E-state index in [0.717, 1.165) is 36.0 Å². The summed E-state index contributed by atoms with van der Waals surface area (Å²) in [6.07, 6.45) is 19.3. The van der Waals surface area contributed by atoms with Crippen molar-refractivity contribution >= 4 is 0 Å². The van der Waals surface area contributed by atoms with Crippen LogP contribution in [0.15, 0.2) is 61.3 Å². The molecular formula is C36H66. The van der Waals surface area contributed by atoms with Crippen molar-refractivity contribution in [2.75, 3.05) is 0 Å². The minimum atomic E-state index is 0.488. The van der Waals surface area contributed by atoms with Crippen molar-refractivity contribution < 1.29 is 0 Å². The molecule has 2 fully saturated rings. The summed E-state index contributed by atoms with van der Waals surface area (Å²) in [5, 5.41) is 0. The molecule has 36 heavy (non-hydrogen) atoms. The van der Waals surface area contributed by atoms with Crippen molar-refractivity contribution in [3.63, 3.8) is 0 Å². The SMILES string of the molecule is C=C/C=C/C=C(C)C.C=CC(=C)CC1C(C)CCC2C(C)(CCC(C)C)C(C)CCC12C.CC.CC.